The predicted octanol–water partition coefficient (Wildman–Crippen LogP) is 2.37. The van der Waals surface area contributed by atoms with Gasteiger partial charge in [-0.25, -0.2) is 4.98 Å². The summed E-state index contributed by atoms with van der Waals surface area (Å²) in [4.78, 5) is 19.3. The van der Waals surface area contributed by atoms with Crippen LogP contribution < -0.4 is 5.56 Å². The van der Waals surface area contributed by atoms with Crippen LogP contribution in [0, 0.1) is 6.92 Å². The molecule has 0 aromatic carbocycles. The lowest BCUT2D eigenvalue weighted by molar-refractivity contribution is 0.198. The molecular formula is C17H21N5OS. The van der Waals surface area contributed by atoms with Gasteiger partial charge in [-0.2, -0.15) is 5.10 Å². The molecule has 0 spiro atoms. The van der Waals surface area contributed by atoms with Gasteiger partial charge in [0.15, 0.2) is 0 Å². The lowest BCUT2D eigenvalue weighted by Crippen LogP contribution is -2.38. The van der Waals surface area contributed by atoms with E-state index in [2.05, 4.69) is 26.1 Å². The highest BCUT2D eigenvalue weighted by Crippen LogP contribution is 2.25. The number of nitrogens with one attached hydrogen (secondary N) is 1. The Balaban J connectivity index is 1.43. The first kappa shape index (κ1) is 15.5. The Bertz CT molecular complexity index is 896. The molecule has 6 nitrogen and oxygen atoms in total. The largest absolute Gasteiger partial charge is 0.301 e. The highest BCUT2D eigenvalue weighted by molar-refractivity contribution is 7.17. The fourth-order valence-electron chi connectivity index (χ4n) is 3.44. The van der Waals surface area contributed by atoms with E-state index in [1.54, 1.807) is 10.9 Å². The Morgan fingerprint density at radius 2 is 2.33 bits per heavy atom. The van der Waals surface area contributed by atoms with Crippen molar-refractivity contribution in [3.05, 3.63) is 45.6 Å². The summed E-state index contributed by atoms with van der Waals surface area (Å²) in [6, 6.07) is 4.04. The van der Waals surface area contributed by atoms with Gasteiger partial charge in [0.25, 0.3) is 5.56 Å². The fraction of sp³-hybridized carbons (Fsp3) is 0.471. The van der Waals surface area contributed by atoms with Gasteiger partial charge in [0.05, 0.1) is 17.5 Å². The van der Waals surface area contributed by atoms with Gasteiger partial charge in [-0.1, -0.05) is 0 Å². The zero-order valence-corrected chi connectivity index (χ0v) is 14.6. The predicted molar refractivity (Wildman–Crippen MR) is 95.6 cm³/mol. The summed E-state index contributed by atoms with van der Waals surface area (Å²) < 4.78 is 2.49. The Hall–Kier alpha value is -1.99. The van der Waals surface area contributed by atoms with E-state index < -0.39 is 0 Å². The van der Waals surface area contributed by atoms with Gasteiger partial charge in [0.2, 0.25) is 0 Å². The maximum atomic E-state index is 12.5. The van der Waals surface area contributed by atoms with Gasteiger partial charge in [-0.3, -0.25) is 14.5 Å². The van der Waals surface area contributed by atoms with E-state index in [4.69, 9.17) is 0 Å². The number of hydrogen-bond acceptors (Lipinski definition) is 5. The third-order valence-electron chi connectivity index (χ3n) is 4.74. The van der Waals surface area contributed by atoms with Crippen molar-refractivity contribution < 1.29 is 0 Å². The standard InChI is InChI=1S/C17H21N5OS/c1-12-9-15(20-19-12)13-3-2-5-21(10-13)6-7-22-11-18-14-4-8-24-16(14)17(22)23/h4,8-9,11,13H,2-3,5-7,10H2,1H3,(H,19,20)/t13-/m1/s1. The first-order valence-electron chi connectivity index (χ1n) is 8.37. The second-order valence-electron chi connectivity index (χ2n) is 6.49. The average molecular weight is 343 g/mol. The van der Waals surface area contributed by atoms with Crippen LogP contribution in [-0.2, 0) is 6.54 Å². The molecular weight excluding hydrogens is 322 g/mol. The monoisotopic (exact) mass is 343 g/mol. The van der Waals surface area contributed by atoms with Crippen LogP contribution >= 0.6 is 11.3 Å². The van der Waals surface area contributed by atoms with Gasteiger partial charge >= 0.3 is 0 Å². The van der Waals surface area contributed by atoms with E-state index in [9.17, 15) is 4.79 Å². The number of fused-ring (bicyclic) bond motifs is 1. The molecule has 3 aromatic heterocycles. The third-order valence-corrected chi connectivity index (χ3v) is 5.63. The van der Waals surface area contributed by atoms with E-state index in [0.717, 1.165) is 41.2 Å². The van der Waals surface area contributed by atoms with E-state index in [1.807, 2.05) is 18.4 Å². The molecule has 1 aliphatic rings. The molecule has 1 fully saturated rings. The fourth-order valence-corrected chi connectivity index (χ4v) is 4.23. The second kappa shape index (κ2) is 6.49. The summed E-state index contributed by atoms with van der Waals surface area (Å²) in [5.74, 6) is 0.485. The SMILES string of the molecule is Cc1cc([C@@H]2CCCN(CCn3cnc4ccsc4c3=O)C2)n[nH]1. The van der Waals surface area contributed by atoms with E-state index in [1.165, 1.54) is 24.2 Å². The molecule has 7 heteroatoms. The Kier molecular flexibility index (Phi) is 4.20. The van der Waals surface area contributed by atoms with Crippen LogP contribution in [0.4, 0.5) is 0 Å². The summed E-state index contributed by atoms with van der Waals surface area (Å²) in [5, 5.41) is 9.38. The maximum absolute atomic E-state index is 12.5. The van der Waals surface area contributed by atoms with Gasteiger partial charge in [-0.15, -0.1) is 11.3 Å². The van der Waals surface area contributed by atoms with Gasteiger partial charge in [0.1, 0.15) is 4.70 Å². The lowest BCUT2D eigenvalue weighted by atomic mass is 9.95. The number of H-pyrrole nitrogens is 1. The summed E-state index contributed by atoms with van der Waals surface area (Å²) in [6.45, 7) is 5.69. The van der Waals surface area contributed by atoms with Crippen molar-refractivity contribution in [2.45, 2.75) is 32.2 Å². The summed E-state index contributed by atoms with van der Waals surface area (Å²) >= 11 is 1.47. The number of aromatic nitrogens is 4. The second-order valence-corrected chi connectivity index (χ2v) is 7.41. The number of nitrogens with zero attached hydrogens (tertiary/aromatic N) is 4. The number of hydrogen-bond donors (Lipinski definition) is 1. The van der Waals surface area contributed by atoms with Crippen molar-refractivity contribution >= 4 is 21.6 Å². The van der Waals surface area contributed by atoms with Crippen LogP contribution in [0.3, 0.4) is 0 Å². The molecule has 126 valence electrons. The smallest absolute Gasteiger partial charge is 0.271 e. The zero-order valence-electron chi connectivity index (χ0n) is 13.7. The van der Waals surface area contributed by atoms with Crippen molar-refractivity contribution in [1.82, 2.24) is 24.6 Å². The average Bonchev–Trinajstić information content (AvgIpc) is 3.24. The van der Waals surface area contributed by atoms with Crippen molar-refractivity contribution in [2.24, 2.45) is 0 Å². The Morgan fingerprint density at radius 1 is 1.42 bits per heavy atom. The highest BCUT2D eigenvalue weighted by atomic mass is 32.1. The first-order valence-corrected chi connectivity index (χ1v) is 9.25. The van der Waals surface area contributed by atoms with Crippen molar-refractivity contribution in [2.75, 3.05) is 19.6 Å². The molecule has 1 aliphatic heterocycles. The van der Waals surface area contributed by atoms with E-state index in [0.29, 0.717) is 12.5 Å². The number of likely N-dealkylation sites (tertiary alicyclic amines) is 1. The number of piperidine rings is 1. The van der Waals surface area contributed by atoms with E-state index >= 15 is 0 Å². The van der Waals surface area contributed by atoms with Gasteiger partial charge < -0.3 is 4.90 Å². The molecule has 0 amide bonds. The maximum Gasteiger partial charge on any atom is 0.271 e. The van der Waals surface area contributed by atoms with Gasteiger partial charge in [0, 0.05) is 31.2 Å². The Labute approximate surface area is 144 Å². The molecule has 0 unspecified atom stereocenters. The third kappa shape index (κ3) is 3.01. The first-order chi connectivity index (χ1) is 11.7. The van der Waals surface area contributed by atoms with Crippen LogP contribution in [0.15, 0.2) is 28.6 Å². The summed E-state index contributed by atoms with van der Waals surface area (Å²) in [7, 11) is 0. The number of thiophene rings is 1. The minimum atomic E-state index is 0.0754. The molecule has 1 N–H and O–H groups in total. The topological polar surface area (TPSA) is 66.8 Å². The minimum absolute atomic E-state index is 0.0754. The van der Waals surface area contributed by atoms with Crippen molar-refractivity contribution in [3.8, 4) is 0 Å². The van der Waals surface area contributed by atoms with E-state index in [-0.39, 0.29) is 5.56 Å². The normalized spacial score (nSPS) is 19.1. The number of rotatable bonds is 4. The van der Waals surface area contributed by atoms with Crippen LogP contribution in [-0.4, -0.2) is 44.3 Å². The highest BCUT2D eigenvalue weighted by Gasteiger charge is 2.23. The zero-order chi connectivity index (χ0) is 16.5. The number of aromatic amines is 1. The quantitative estimate of drug-likeness (QED) is 0.790. The van der Waals surface area contributed by atoms with Gasteiger partial charge in [-0.05, 0) is 43.8 Å². The van der Waals surface area contributed by atoms with Crippen LogP contribution in [0.2, 0.25) is 0 Å². The molecule has 0 bridgehead atoms. The van der Waals surface area contributed by atoms with Crippen LogP contribution in [0.5, 0.6) is 0 Å². The minimum Gasteiger partial charge on any atom is -0.301 e. The molecule has 4 rings (SSSR count). The molecule has 1 saturated heterocycles. The molecule has 0 radical (unpaired) electrons. The molecule has 0 saturated carbocycles. The molecule has 0 aliphatic carbocycles. The summed E-state index contributed by atoms with van der Waals surface area (Å²) in [5.41, 5.74) is 3.15. The Morgan fingerprint density at radius 3 is 3.17 bits per heavy atom. The summed E-state index contributed by atoms with van der Waals surface area (Å²) in [6.07, 6.45) is 4.03. The lowest BCUT2D eigenvalue weighted by Gasteiger charge is -2.31. The molecule has 24 heavy (non-hydrogen) atoms. The molecule has 1 atom stereocenters. The van der Waals surface area contributed by atoms with Crippen molar-refractivity contribution in [3.63, 3.8) is 0 Å². The van der Waals surface area contributed by atoms with Crippen LogP contribution in [0.25, 0.3) is 10.2 Å². The molecule has 3 aromatic rings. The van der Waals surface area contributed by atoms with Crippen molar-refractivity contribution in [1.29, 1.82) is 0 Å². The van der Waals surface area contributed by atoms with Crippen LogP contribution in [0.1, 0.15) is 30.1 Å². The molecule has 4 heterocycles. The number of aryl methyl sites for hydroxylation is 1.